The number of hydrogen-bond acceptors (Lipinski definition) is 4. The van der Waals surface area contributed by atoms with E-state index in [0.29, 0.717) is 12.2 Å². The average Bonchev–Trinajstić information content (AvgIpc) is 3.29. The molecule has 0 unspecified atom stereocenters. The number of rotatable bonds is 6. The van der Waals surface area contributed by atoms with Crippen LogP contribution in [0.15, 0.2) is 5.38 Å². The number of nitrogens with zero attached hydrogens (tertiary/aromatic N) is 2. The second-order valence-electron chi connectivity index (χ2n) is 5.43. The van der Waals surface area contributed by atoms with Crippen molar-refractivity contribution < 1.29 is 4.79 Å². The highest BCUT2D eigenvalue weighted by Gasteiger charge is 2.32. The van der Waals surface area contributed by atoms with Crippen LogP contribution >= 0.6 is 11.3 Å². The van der Waals surface area contributed by atoms with E-state index in [-0.39, 0.29) is 5.91 Å². The molecule has 98 valence electrons. The van der Waals surface area contributed by atoms with Gasteiger partial charge < -0.3 is 10.6 Å². The summed E-state index contributed by atoms with van der Waals surface area (Å²) in [5.41, 5.74) is 6.13. The summed E-state index contributed by atoms with van der Waals surface area (Å²) >= 11 is 1.48. The summed E-state index contributed by atoms with van der Waals surface area (Å²) in [7, 11) is 0. The van der Waals surface area contributed by atoms with Crippen molar-refractivity contribution in [3.8, 4) is 0 Å². The standard InChI is InChI=1S/C13H19N3OS/c14-5-12-15-11(8-18-12)13(17)16(6-9-1-2-9)7-10-3-4-10/h8-10H,1-7,14H2. The normalized spacial score (nSPS) is 18.9. The van der Waals surface area contributed by atoms with Gasteiger partial charge in [0.1, 0.15) is 10.7 Å². The van der Waals surface area contributed by atoms with Crippen LogP contribution in [0.4, 0.5) is 0 Å². The fourth-order valence-electron chi connectivity index (χ4n) is 2.13. The largest absolute Gasteiger partial charge is 0.337 e. The molecule has 2 N–H and O–H groups in total. The zero-order chi connectivity index (χ0) is 12.5. The maximum Gasteiger partial charge on any atom is 0.273 e. The van der Waals surface area contributed by atoms with Crippen molar-refractivity contribution in [1.29, 1.82) is 0 Å². The molecule has 0 spiro atoms. The second-order valence-corrected chi connectivity index (χ2v) is 6.37. The Hall–Kier alpha value is -0.940. The van der Waals surface area contributed by atoms with Gasteiger partial charge in [-0.1, -0.05) is 0 Å². The number of nitrogens with two attached hydrogens (primary N) is 1. The molecule has 2 aliphatic rings. The van der Waals surface area contributed by atoms with Crippen LogP contribution in [0.1, 0.15) is 41.2 Å². The van der Waals surface area contributed by atoms with Crippen LogP contribution in [-0.4, -0.2) is 28.9 Å². The van der Waals surface area contributed by atoms with Gasteiger partial charge in [-0.25, -0.2) is 4.98 Å². The zero-order valence-corrected chi connectivity index (χ0v) is 11.3. The van der Waals surface area contributed by atoms with E-state index in [1.165, 1.54) is 37.0 Å². The van der Waals surface area contributed by atoms with Crippen molar-refractivity contribution in [2.75, 3.05) is 13.1 Å². The van der Waals surface area contributed by atoms with Gasteiger partial charge in [-0.3, -0.25) is 4.79 Å². The molecule has 1 aromatic rings. The minimum Gasteiger partial charge on any atom is -0.337 e. The number of amides is 1. The van der Waals surface area contributed by atoms with Crippen molar-refractivity contribution in [3.05, 3.63) is 16.1 Å². The van der Waals surface area contributed by atoms with Crippen molar-refractivity contribution in [1.82, 2.24) is 9.88 Å². The molecule has 2 aliphatic carbocycles. The predicted octanol–water partition coefficient (Wildman–Crippen LogP) is 1.86. The van der Waals surface area contributed by atoms with Crippen LogP contribution in [-0.2, 0) is 6.54 Å². The van der Waals surface area contributed by atoms with E-state index in [9.17, 15) is 4.79 Å². The van der Waals surface area contributed by atoms with Crippen LogP contribution < -0.4 is 5.73 Å². The molecular formula is C13H19N3OS. The molecule has 0 bridgehead atoms. The van der Waals surface area contributed by atoms with E-state index in [1.807, 2.05) is 10.3 Å². The van der Waals surface area contributed by atoms with Gasteiger partial charge in [0.25, 0.3) is 5.91 Å². The summed E-state index contributed by atoms with van der Waals surface area (Å²) < 4.78 is 0. The topological polar surface area (TPSA) is 59.2 Å². The molecule has 0 aliphatic heterocycles. The molecule has 1 aromatic heterocycles. The maximum atomic E-state index is 12.4. The van der Waals surface area contributed by atoms with Crippen LogP contribution in [0.2, 0.25) is 0 Å². The third-order valence-corrected chi connectivity index (χ3v) is 4.45. The van der Waals surface area contributed by atoms with E-state index in [0.717, 1.165) is 29.9 Å². The SMILES string of the molecule is NCc1nc(C(=O)N(CC2CC2)CC2CC2)cs1. The molecule has 1 heterocycles. The molecule has 2 fully saturated rings. The molecular weight excluding hydrogens is 246 g/mol. The Labute approximate surface area is 111 Å². The lowest BCUT2D eigenvalue weighted by Gasteiger charge is -2.21. The van der Waals surface area contributed by atoms with Gasteiger partial charge in [-0.15, -0.1) is 11.3 Å². The highest BCUT2D eigenvalue weighted by atomic mass is 32.1. The summed E-state index contributed by atoms with van der Waals surface area (Å²) in [6.45, 7) is 2.26. The van der Waals surface area contributed by atoms with Gasteiger partial charge in [0, 0.05) is 25.0 Å². The van der Waals surface area contributed by atoms with E-state index >= 15 is 0 Å². The second kappa shape index (κ2) is 4.97. The Kier molecular flexibility index (Phi) is 3.35. The average molecular weight is 265 g/mol. The lowest BCUT2D eigenvalue weighted by molar-refractivity contribution is 0.0734. The van der Waals surface area contributed by atoms with Crippen LogP contribution in [0, 0.1) is 11.8 Å². The van der Waals surface area contributed by atoms with E-state index in [4.69, 9.17) is 5.73 Å². The quantitative estimate of drug-likeness (QED) is 0.854. The van der Waals surface area contributed by atoms with E-state index in [1.54, 1.807) is 0 Å². The van der Waals surface area contributed by atoms with Gasteiger partial charge in [-0.05, 0) is 37.5 Å². The molecule has 0 aromatic carbocycles. The maximum absolute atomic E-state index is 12.4. The molecule has 18 heavy (non-hydrogen) atoms. The lowest BCUT2D eigenvalue weighted by atomic mass is 10.3. The Balaban J connectivity index is 1.68. The molecule has 3 rings (SSSR count). The first kappa shape index (κ1) is 12.1. The molecule has 1 amide bonds. The Morgan fingerprint density at radius 1 is 1.33 bits per heavy atom. The molecule has 5 heteroatoms. The summed E-state index contributed by atoms with van der Waals surface area (Å²) in [6, 6.07) is 0. The fraction of sp³-hybridized carbons (Fsp3) is 0.692. The zero-order valence-electron chi connectivity index (χ0n) is 10.5. The number of hydrogen-bond donors (Lipinski definition) is 1. The first-order valence-corrected chi connectivity index (χ1v) is 7.58. The van der Waals surface area contributed by atoms with Gasteiger partial charge in [0.15, 0.2) is 0 Å². The number of aromatic nitrogens is 1. The van der Waals surface area contributed by atoms with Crippen molar-refractivity contribution in [2.45, 2.75) is 32.2 Å². The van der Waals surface area contributed by atoms with Crippen LogP contribution in [0.3, 0.4) is 0 Å². The fourth-order valence-corrected chi connectivity index (χ4v) is 2.78. The molecule has 0 saturated heterocycles. The van der Waals surface area contributed by atoms with Gasteiger partial charge >= 0.3 is 0 Å². The van der Waals surface area contributed by atoms with Gasteiger partial charge in [0.05, 0.1) is 0 Å². The van der Waals surface area contributed by atoms with Crippen LogP contribution in [0.25, 0.3) is 0 Å². The molecule has 2 saturated carbocycles. The summed E-state index contributed by atoms with van der Waals surface area (Å²) in [5.74, 6) is 1.57. The third kappa shape index (κ3) is 2.90. The number of thiazole rings is 1. The van der Waals surface area contributed by atoms with Crippen LogP contribution in [0.5, 0.6) is 0 Å². The minimum absolute atomic E-state index is 0.102. The summed E-state index contributed by atoms with van der Waals surface area (Å²) in [4.78, 5) is 18.8. The summed E-state index contributed by atoms with van der Waals surface area (Å²) in [6.07, 6.45) is 5.11. The first-order valence-electron chi connectivity index (χ1n) is 6.70. The molecule has 0 atom stereocenters. The van der Waals surface area contributed by atoms with Gasteiger partial charge in [0.2, 0.25) is 0 Å². The van der Waals surface area contributed by atoms with Gasteiger partial charge in [-0.2, -0.15) is 0 Å². The van der Waals surface area contributed by atoms with Crippen molar-refractivity contribution in [2.24, 2.45) is 17.6 Å². The van der Waals surface area contributed by atoms with E-state index < -0.39 is 0 Å². The molecule has 4 nitrogen and oxygen atoms in total. The highest BCUT2D eigenvalue weighted by molar-refractivity contribution is 7.09. The Morgan fingerprint density at radius 3 is 2.39 bits per heavy atom. The smallest absolute Gasteiger partial charge is 0.273 e. The monoisotopic (exact) mass is 265 g/mol. The molecule has 0 radical (unpaired) electrons. The predicted molar refractivity (Wildman–Crippen MR) is 71.4 cm³/mol. The van der Waals surface area contributed by atoms with E-state index in [2.05, 4.69) is 4.98 Å². The van der Waals surface area contributed by atoms with Crippen molar-refractivity contribution in [3.63, 3.8) is 0 Å². The Morgan fingerprint density at radius 2 is 1.94 bits per heavy atom. The van der Waals surface area contributed by atoms with Crippen molar-refractivity contribution >= 4 is 17.2 Å². The third-order valence-electron chi connectivity index (χ3n) is 3.58. The number of carbonyl (C=O) groups is 1. The number of carbonyl (C=O) groups excluding carboxylic acids is 1. The first-order chi connectivity index (χ1) is 8.76. The lowest BCUT2D eigenvalue weighted by Crippen LogP contribution is -2.35. The minimum atomic E-state index is 0.102. The summed E-state index contributed by atoms with van der Waals surface area (Å²) in [5, 5.41) is 2.69. The highest BCUT2D eigenvalue weighted by Crippen LogP contribution is 2.34. The Bertz CT molecular complexity index is 423.